The van der Waals surface area contributed by atoms with E-state index in [0.29, 0.717) is 6.42 Å². The smallest absolute Gasteiger partial charge is 0.240 e. The van der Waals surface area contributed by atoms with E-state index in [1.807, 2.05) is 0 Å². The van der Waals surface area contributed by atoms with Crippen LogP contribution in [0.15, 0.2) is 29.2 Å². The third-order valence-corrected chi connectivity index (χ3v) is 3.70. The van der Waals surface area contributed by atoms with Gasteiger partial charge in [-0.2, -0.15) is 0 Å². The number of hydrogen-bond acceptors (Lipinski definition) is 3. The van der Waals surface area contributed by atoms with Crippen LogP contribution >= 0.6 is 0 Å². The molecule has 0 aliphatic carbocycles. The molecule has 0 saturated heterocycles. The fourth-order valence-electron chi connectivity index (χ4n) is 1.15. The summed E-state index contributed by atoms with van der Waals surface area (Å²) in [6.45, 7) is 1.49. The van der Waals surface area contributed by atoms with Gasteiger partial charge in [0, 0.05) is 6.04 Å². The first-order valence-corrected chi connectivity index (χ1v) is 6.36. The molecular formula is C10H14FNO3S. The number of aliphatic hydroxyl groups excluding tert-OH is 1. The first kappa shape index (κ1) is 13.1. The molecule has 0 saturated carbocycles. The van der Waals surface area contributed by atoms with Crippen LogP contribution in [0.25, 0.3) is 0 Å². The van der Waals surface area contributed by atoms with Gasteiger partial charge in [-0.1, -0.05) is 6.92 Å². The van der Waals surface area contributed by atoms with Crippen molar-refractivity contribution in [2.45, 2.75) is 24.3 Å². The molecular weight excluding hydrogens is 233 g/mol. The second-order valence-electron chi connectivity index (χ2n) is 3.36. The minimum Gasteiger partial charge on any atom is -0.395 e. The van der Waals surface area contributed by atoms with Crippen molar-refractivity contribution in [3.63, 3.8) is 0 Å². The van der Waals surface area contributed by atoms with Crippen LogP contribution in [-0.2, 0) is 10.0 Å². The summed E-state index contributed by atoms with van der Waals surface area (Å²) >= 11 is 0. The zero-order valence-corrected chi connectivity index (χ0v) is 9.67. The maximum atomic E-state index is 12.6. The number of halogens is 1. The summed E-state index contributed by atoms with van der Waals surface area (Å²) in [6, 6.07) is 4.00. The lowest BCUT2D eigenvalue weighted by Gasteiger charge is -2.14. The van der Waals surface area contributed by atoms with Crippen molar-refractivity contribution < 1.29 is 17.9 Å². The molecule has 90 valence electrons. The highest BCUT2D eigenvalue weighted by Gasteiger charge is 2.18. The van der Waals surface area contributed by atoms with Crippen molar-refractivity contribution in [2.24, 2.45) is 0 Å². The standard InChI is InChI=1S/C10H14FNO3S/c1-2-9(7-13)12-16(14,15)10-5-3-8(11)4-6-10/h3-6,9,12-13H,2,7H2,1H3. The molecule has 0 radical (unpaired) electrons. The van der Waals surface area contributed by atoms with Gasteiger partial charge in [0.25, 0.3) is 0 Å². The lowest BCUT2D eigenvalue weighted by Crippen LogP contribution is -2.36. The van der Waals surface area contributed by atoms with Crippen LogP contribution < -0.4 is 4.72 Å². The largest absolute Gasteiger partial charge is 0.395 e. The zero-order chi connectivity index (χ0) is 12.2. The van der Waals surface area contributed by atoms with E-state index in [-0.39, 0.29) is 11.5 Å². The van der Waals surface area contributed by atoms with Crippen molar-refractivity contribution in [3.05, 3.63) is 30.1 Å². The second-order valence-corrected chi connectivity index (χ2v) is 5.08. The first-order chi connectivity index (χ1) is 7.49. The summed E-state index contributed by atoms with van der Waals surface area (Å²) in [7, 11) is -3.68. The first-order valence-electron chi connectivity index (χ1n) is 4.88. The number of nitrogens with one attached hydrogen (secondary N) is 1. The molecule has 0 aliphatic rings. The van der Waals surface area contributed by atoms with Gasteiger partial charge >= 0.3 is 0 Å². The van der Waals surface area contributed by atoms with Gasteiger partial charge in [-0.15, -0.1) is 0 Å². The molecule has 0 spiro atoms. The Hall–Kier alpha value is -0.980. The molecule has 0 aliphatic heterocycles. The van der Waals surface area contributed by atoms with Gasteiger partial charge in [0.15, 0.2) is 0 Å². The quantitative estimate of drug-likeness (QED) is 0.811. The number of aliphatic hydroxyl groups is 1. The molecule has 4 nitrogen and oxygen atoms in total. The number of sulfonamides is 1. The van der Waals surface area contributed by atoms with Crippen molar-refractivity contribution in [2.75, 3.05) is 6.61 Å². The van der Waals surface area contributed by atoms with Gasteiger partial charge < -0.3 is 5.11 Å². The van der Waals surface area contributed by atoms with Crippen molar-refractivity contribution in [3.8, 4) is 0 Å². The van der Waals surface area contributed by atoms with Gasteiger partial charge in [0.05, 0.1) is 11.5 Å². The Bertz CT molecular complexity index is 426. The molecule has 0 bridgehead atoms. The Morgan fingerprint density at radius 3 is 2.38 bits per heavy atom. The van der Waals surface area contributed by atoms with Gasteiger partial charge in [-0.3, -0.25) is 0 Å². The van der Waals surface area contributed by atoms with Gasteiger partial charge in [-0.05, 0) is 30.7 Å². The molecule has 1 aromatic rings. The molecule has 0 fully saturated rings. The average Bonchev–Trinajstić information content (AvgIpc) is 2.26. The van der Waals surface area contributed by atoms with Crippen LogP contribution in [0.3, 0.4) is 0 Å². The summed E-state index contributed by atoms with van der Waals surface area (Å²) in [5.74, 6) is -0.492. The fraction of sp³-hybridized carbons (Fsp3) is 0.400. The summed E-state index contributed by atoms with van der Waals surface area (Å²) in [5.41, 5.74) is 0. The van der Waals surface area contributed by atoms with E-state index in [4.69, 9.17) is 5.11 Å². The third kappa shape index (κ3) is 3.26. The Labute approximate surface area is 94.2 Å². The monoisotopic (exact) mass is 247 g/mol. The predicted octanol–water partition coefficient (Wildman–Crippen LogP) is 0.875. The normalized spacial score (nSPS) is 13.7. The van der Waals surface area contributed by atoms with Crippen molar-refractivity contribution in [1.82, 2.24) is 4.72 Å². The average molecular weight is 247 g/mol. The van der Waals surface area contributed by atoms with Crippen molar-refractivity contribution in [1.29, 1.82) is 0 Å². The molecule has 1 aromatic carbocycles. The Morgan fingerprint density at radius 2 is 1.94 bits per heavy atom. The minimum atomic E-state index is -3.68. The van der Waals surface area contributed by atoms with E-state index >= 15 is 0 Å². The highest BCUT2D eigenvalue weighted by atomic mass is 32.2. The maximum Gasteiger partial charge on any atom is 0.240 e. The SMILES string of the molecule is CCC(CO)NS(=O)(=O)c1ccc(F)cc1. The van der Waals surface area contributed by atoms with Crippen molar-refractivity contribution >= 4 is 10.0 Å². The van der Waals surface area contributed by atoms with E-state index < -0.39 is 21.9 Å². The van der Waals surface area contributed by atoms with Crippen LogP contribution in [0.5, 0.6) is 0 Å². The fourth-order valence-corrected chi connectivity index (χ4v) is 2.46. The second kappa shape index (κ2) is 5.38. The van der Waals surface area contributed by atoms with Gasteiger partial charge in [0.2, 0.25) is 10.0 Å². The topological polar surface area (TPSA) is 66.4 Å². The molecule has 0 amide bonds. The van der Waals surface area contributed by atoms with Crippen LogP contribution in [0.4, 0.5) is 4.39 Å². The molecule has 6 heteroatoms. The lowest BCUT2D eigenvalue weighted by molar-refractivity contribution is 0.254. The molecule has 0 heterocycles. The molecule has 16 heavy (non-hydrogen) atoms. The summed E-state index contributed by atoms with van der Waals surface area (Å²) < 4.78 is 38.4. The van der Waals surface area contributed by atoms with Crippen LogP contribution in [0, 0.1) is 5.82 Å². The summed E-state index contributed by atoms with van der Waals surface area (Å²) in [6.07, 6.45) is 0.483. The predicted molar refractivity (Wildman–Crippen MR) is 57.9 cm³/mol. The van der Waals surface area contributed by atoms with Gasteiger partial charge in [-0.25, -0.2) is 17.5 Å². The third-order valence-electron chi connectivity index (χ3n) is 2.16. The summed E-state index contributed by atoms with van der Waals surface area (Å²) in [4.78, 5) is -0.0131. The molecule has 1 unspecified atom stereocenters. The lowest BCUT2D eigenvalue weighted by atomic mass is 10.3. The molecule has 1 atom stereocenters. The van der Waals surface area contributed by atoms with E-state index in [9.17, 15) is 12.8 Å². The molecule has 0 aromatic heterocycles. The number of benzene rings is 1. The van der Waals surface area contributed by atoms with E-state index in [1.165, 1.54) is 12.1 Å². The number of hydrogen-bond donors (Lipinski definition) is 2. The van der Waals surface area contributed by atoms with Gasteiger partial charge in [0.1, 0.15) is 5.82 Å². The maximum absolute atomic E-state index is 12.6. The Balaban J connectivity index is 2.89. The van der Waals surface area contributed by atoms with Crippen LogP contribution in [0.2, 0.25) is 0 Å². The summed E-state index contributed by atoms with van der Waals surface area (Å²) in [5, 5.41) is 8.89. The molecule has 2 N–H and O–H groups in total. The zero-order valence-electron chi connectivity index (χ0n) is 8.85. The van der Waals surface area contributed by atoms with E-state index in [0.717, 1.165) is 12.1 Å². The number of rotatable bonds is 5. The van der Waals surface area contributed by atoms with E-state index in [1.54, 1.807) is 6.92 Å². The highest BCUT2D eigenvalue weighted by molar-refractivity contribution is 7.89. The van der Waals surface area contributed by atoms with Crippen LogP contribution in [-0.4, -0.2) is 26.2 Å². The Morgan fingerprint density at radius 1 is 1.38 bits per heavy atom. The van der Waals surface area contributed by atoms with Crippen LogP contribution in [0.1, 0.15) is 13.3 Å². The highest BCUT2D eigenvalue weighted by Crippen LogP contribution is 2.10. The minimum absolute atomic E-state index is 0.0131. The Kier molecular flexibility index (Phi) is 4.40. The van der Waals surface area contributed by atoms with E-state index in [2.05, 4.69) is 4.72 Å². The molecule has 1 rings (SSSR count).